The Morgan fingerprint density at radius 3 is 2.91 bits per heavy atom. The predicted molar refractivity (Wildman–Crippen MR) is 95.2 cm³/mol. The molecule has 1 atom stereocenters. The van der Waals surface area contributed by atoms with Crippen LogP contribution in [0.3, 0.4) is 0 Å². The fraction of sp³-hybridized carbons (Fsp3) is 0.235. The monoisotopic (exact) mass is 379 g/mol. The standard InChI is InChI=1S/C17H18BrNO2S/c1-3-14(16-5-4-10-22-16)19-17(20)9-6-12-11-13(18)7-8-15(12)21-2/h4-11,14H,3H2,1-2H3,(H,19,20)/b9-6+. The van der Waals surface area contributed by atoms with E-state index in [1.165, 1.54) is 4.88 Å². The second kappa shape index (κ2) is 8.15. The van der Waals surface area contributed by atoms with Crippen molar-refractivity contribution in [3.63, 3.8) is 0 Å². The van der Waals surface area contributed by atoms with Crippen molar-refractivity contribution in [1.29, 1.82) is 0 Å². The molecular formula is C17H18BrNO2S. The van der Waals surface area contributed by atoms with Crippen LogP contribution in [0.15, 0.2) is 46.3 Å². The van der Waals surface area contributed by atoms with Gasteiger partial charge >= 0.3 is 0 Å². The zero-order valence-electron chi connectivity index (χ0n) is 12.5. The Hall–Kier alpha value is -1.59. The van der Waals surface area contributed by atoms with E-state index >= 15 is 0 Å². The number of nitrogens with one attached hydrogen (secondary N) is 1. The van der Waals surface area contributed by atoms with Crippen LogP contribution < -0.4 is 10.1 Å². The highest BCUT2D eigenvalue weighted by Crippen LogP contribution is 2.24. The summed E-state index contributed by atoms with van der Waals surface area (Å²) in [6.45, 7) is 2.06. The van der Waals surface area contributed by atoms with Gasteiger partial charge in [0, 0.05) is 21.0 Å². The van der Waals surface area contributed by atoms with Crippen LogP contribution in [0, 0.1) is 0 Å². The Morgan fingerprint density at radius 2 is 2.27 bits per heavy atom. The van der Waals surface area contributed by atoms with Gasteiger partial charge in [0.2, 0.25) is 5.91 Å². The van der Waals surface area contributed by atoms with E-state index in [0.29, 0.717) is 0 Å². The molecule has 0 fully saturated rings. The Bertz CT molecular complexity index is 653. The van der Waals surface area contributed by atoms with Gasteiger partial charge in [0.1, 0.15) is 5.75 Å². The number of methoxy groups -OCH3 is 1. The third-order valence-electron chi connectivity index (χ3n) is 3.22. The number of rotatable bonds is 6. The number of carbonyl (C=O) groups is 1. The summed E-state index contributed by atoms with van der Waals surface area (Å²) in [4.78, 5) is 13.3. The minimum atomic E-state index is -0.109. The lowest BCUT2D eigenvalue weighted by atomic mass is 10.1. The maximum Gasteiger partial charge on any atom is 0.244 e. The minimum Gasteiger partial charge on any atom is -0.496 e. The van der Waals surface area contributed by atoms with Crippen LogP contribution in [0.2, 0.25) is 0 Å². The number of benzene rings is 1. The van der Waals surface area contributed by atoms with Crippen molar-refractivity contribution < 1.29 is 9.53 Å². The zero-order valence-corrected chi connectivity index (χ0v) is 14.9. The summed E-state index contributed by atoms with van der Waals surface area (Å²) in [5.41, 5.74) is 0.858. The molecule has 0 aliphatic carbocycles. The molecule has 1 aromatic carbocycles. The van der Waals surface area contributed by atoms with Crippen molar-refractivity contribution in [1.82, 2.24) is 5.32 Å². The first-order valence-electron chi connectivity index (χ1n) is 6.99. The molecule has 0 aliphatic heterocycles. The van der Waals surface area contributed by atoms with E-state index in [1.54, 1.807) is 30.6 Å². The molecule has 2 aromatic rings. The van der Waals surface area contributed by atoms with Gasteiger partial charge < -0.3 is 10.1 Å². The van der Waals surface area contributed by atoms with Crippen LogP contribution in [-0.4, -0.2) is 13.0 Å². The molecule has 1 unspecified atom stereocenters. The molecule has 1 heterocycles. The topological polar surface area (TPSA) is 38.3 Å². The lowest BCUT2D eigenvalue weighted by Crippen LogP contribution is -2.25. The lowest BCUT2D eigenvalue weighted by Gasteiger charge is -2.14. The van der Waals surface area contributed by atoms with Gasteiger partial charge in [-0.3, -0.25) is 4.79 Å². The minimum absolute atomic E-state index is 0.0570. The zero-order chi connectivity index (χ0) is 15.9. The van der Waals surface area contributed by atoms with Gasteiger partial charge in [0.25, 0.3) is 0 Å². The summed E-state index contributed by atoms with van der Waals surface area (Å²) >= 11 is 5.08. The SMILES string of the molecule is CCC(NC(=O)/C=C/c1cc(Br)ccc1OC)c1cccs1. The summed E-state index contributed by atoms with van der Waals surface area (Å²) in [5, 5.41) is 5.04. The summed E-state index contributed by atoms with van der Waals surface area (Å²) < 4.78 is 6.23. The molecule has 1 aromatic heterocycles. The Kier molecular flexibility index (Phi) is 6.21. The molecule has 0 bridgehead atoms. The third-order valence-corrected chi connectivity index (χ3v) is 4.70. The van der Waals surface area contributed by atoms with Crippen LogP contribution in [0.1, 0.15) is 29.8 Å². The number of hydrogen-bond donors (Lipinski definition) is 1. The molecule has 116 valence electrons. The smallest absolute Gasteiger partial charge is 0.244 e. The maximum absolute atomic E-state index is 12.1. The Morgan fingerprint density at radius 1 is 1.45 bits per heavy atom. The molecule has 1 N–H and O–H groups in total. The van der Waals surface area contributed by atoms with Crippen molar-refractivity contribution in [3.8, 4) is 5.75 Å². The molecule has 3 nitrogen and oxygen atoms in total. The third kappa shape index (κ3) is 4.45. The average Bonchev–Trinajstić information content (AvgIpc) is 3.05. The molecule has 5 heteroatoms. The van der Waals surface area contributed by atoms with Gasteiger partial charge in [-0.2, -0.15) is 0 Å². The molecule has 1 amide bonds. The molecular weight excluding hydrogens is 362 g/mol. The Labute approximate surface area is 143 Å². The predicted octanol–water partition coefficient (Wildman–Crippen LogP) is 4.80. The van der Waals surface area contributed by atoms with Crippen molar-refractivity contribution in [2.75, 3.05) is 7.11 Å². The summed E-state index contributed by atoms with van der Waals surface area (Å²) in [6, 6.07) is 9.78. The van der Waals surface area contributed by atoms with Crippen LogP contribution in [0.4, 0.5) is 0 Å². The van der Waals surface area contributed by atoms with Gasteiger partial charge in [0.15, 0.2) is 0 Å². The molecule has 0 spiro atoms. The molecule has 0 saturated heterocycles. The number of ether oxygens (including phenoxy) is 1. The van der Waals surface area contributed by atoms with Crippen molar-refractivity contribution in [2.45, 2.75) is 19.4 Å². The second-order valence-electron chi connectivity index (χ2n) is 4.70. The van der Waals surface area contributed by atoms with Crippen LogP contribution in [0.25, 0.3) is 6.08 Å². The van der Waals surface area contributed by atoms with E-state index in [1.807, 2.05) is 35.7 Å². The quantitative estimate of drug-likeness (QED) is 0.731. The molecule has 2 rings (SSSR count). The van der Waals surface area contributed by atoms with Gasteiger partial charge in [-0.25, -0.2) is 0 Å². The van der Waals surface area contributed by atoms with E-state index in [4.69, 9.17) is 4.74 Å². The first-order valence-corrected chi connectivity index (χ1v) is 8.66. The fourth-order valence-electron chi connectivity index (χ4n) is 2.08. The van der Waals surface area contributed by atoms with Gasteiger partial charge in [-0.15, -0.1) is 11.3 Å². The summed E-state index contributed by atoms with van der Waals surface area (Å²) in [7, 11) is 1.62. The van der Waals surface area contributed by atoms with Crippen molar-refractivity contribution in [3.05, 3.63) is 56.7 Å². The second-order valence-corrected chi connectivity index (χ2v) is 6.60. The van der Waals surface area contributed by atoms with Crippen LogP contribution >= 0.6 is 27.3 Å². The van der Waals surface area contributed by atoms with Crippen molar-refractivity contribution >= 4 is 39.2 Å². The summed E-state index contributed by atoms with van der Waals surface area (Å²) in [5.74, 6) is 0.625. The fourth-order valence-corrected chi connectivity index (χ4v) is 3.32. The van der Waals surface area contributed by atoms with E-state index in [2.05, 4.69) is 28.2 Å². The van der Waals surface area contributed by atoms with Gasteiger partial charge in [-0.05, 0) is 42.1 Å². The average molecular weight is 380 g/mol. The van der Waals surface area contributed by atoms with E-state index < -0.39 is 0 Å². The first kappa shape index (κ1) is 16.8. The summed E-state index contributed by atoms with van der Waals surface area (Å²) in [6.07, 6.45) is 4.17. The van der Waals surface area contributed by atoms with Crippen molar-refractivity contribution in [2.24, 2.45) is 0 Å². The molecule has 0 aliphatic rings. The number of amides is 1. The lowest BCUT2D eigenvalue weighted by molar-refractivity contribution is -0.117. The van der Waals surface area contributed by atoms with Gasteiger partial charge in [-0.1, -0.05) is 28.9 Å². The molecule has 22 heavy (non-hydrogen) atoms. The number of hydrogen-bond acceptors (Lipinski definition) is 3. The largest absolute Gasteiger partial charge is 0.496 e. The van der Waals surface area contributed by atoms with E-state index in [0.717, 1.165) is 22.2 Å². The molecule has 0 saturated carbocycles. The maximum atomic E-state index is 12.1. The highest BCUT2D eigenvalue weighted by atomic mass is 79.9. The number of thiophene rings is 1. The highest BCUT2D eigenvalue weighted by Gasteiger charge is 2.11. The highest BCUT2D eigenvalue weighted by molar-refractivity contribution is 9.10. The van der Waals surface area contributed by atoms with Crippen LogP contribution in [0.5, 0.6) is 5.75 Å². The first-order chi connectivity index (χ1) is 10.6. The Balaban J connectivity index is 2.06. The molecule has 0 radical (unpaired) electrons. The number of carbonyl (C=O) groups excluding carboxylic acids is 1. The van der Waals surface area contributed by atoms with E-state index in [9.17, 15) is 4.79 Å². The van der Waals surface area contributed by atoms with E-state index in [-0.39, 0.29) is 11.9 Å². The normalized spacial score (nSPS) is 12.3. The number of halogens is 1. The van der Waals surface area contributed by atoms with Gasteiger partial charge in [0.05, 0.1) is 13.2 Å². The van der Waals surface area contributed by atoms with Crippen LogP contribution in [-0.2, 0) is 4.79 Å².